The van der Waals surface area contributed by atoms with Crippen LogP contribution in [0.1, 0.15) is 20.8 Å². The van der Waals surface area contributed by atoms with Crippen LogP contribution >= 0.6 is 11.3 Å². The molecule has 0 bridgehead atoms. The molecule has 0 aliphatic rings. The van der Waals surface area contributed by atoms with Crippen molar-refractivity contribution in [3.8, 4) is 17.0 Å². The van der Waals surface area contributed by atoms with Gasteiger partial charge in [-0.2, -0.15) is 0 Å². The molecule has 3 aromatic rings. The lowest BCUT2D eigenvalue weighted by Gasteiger charge is -2.15. The summed E-state index contributed by atoms with van der Waals surface area (Å²) in [4.78, 5) is 21.7. The van der Waals surface area contributed by atoms with E-state index in [1.54, 1.807) is 17.9 Å². The summed E-state index contributed by atoms with van der Waals surface area (Å²) in [5, 5.41) is 5.23. The Morgan fingerprint density at radius 1 is 1.42 bits per heavy atom. The van der Waals surface area contributed by atoms with Crippen LogP contribution in [0.25, 0.3) is 21.3 Å². The first-order valence-corrected chi connectivity index (χ1v) is 8.72. The third-order valence-electron chi connectivity index (χ3n) is 3.67. The molecule has 1 N–H and O–H groups in total. The summed E-state index contributed by atoms with van der Waals surface area (Å²) < 4.78 is 7.54. The lowest BCUT2D eigenvalue weighted by Crippen LogP contribution is -2.26. The molecule has 3 heterocycles. The number of methoxy groups -OCH3 is 1. The molecule has 0 aliphatic carbocycles. The molecule has 3 aromatic heterocycles. The molecule has 6 nitrogen and oxygen atoms in total. The van der Waals surface area contributed by atoms with Gasteiger partial charge in [-0.3, -0.25) is 9.36 Å². The van der Waals surface area contributed by atoms with E-state index in [0.29, 0.717) is 28.6 Å². The second-order valence-corrected chi connectivity index (χ2v) is 6.58. The molecule has 0 unspecified atom stereocenters. The number of aromatic nitrogens is 3. The Labute approximate surface area is 144 Å². The number of hydrogen-bond acceptors (Lipinski definition) is 6. The zero-order chi connectivity index (χ0) is 17.3. The van der Waals surface area contributed by atoms with Crippen LogP contribution in [0.15, 0.2) is 28.5 Å². The second kappa shape index (κ2) is 6.60. The minimum atomic E-state index is -0.0112. The highest BCUT2D eigenvalue weighted by Crippen LogP contribution is 2.32. The highest BCUT2D eigenvalue weighted by molar-refractivity contribution is 7.17. The Hall–Kier alpha value is -2.41. The summed E-state index contributed by atoms with van der Waals surface area (Å²) in [5.74, 6) is 1.14. The van der Waals surface area contributed by atoms with E-state index in [2.05, 4.69) is 10.3 Å². The fourth-order valence-corrected chi connectivity index (χ4v) is 3.52. The zero-order valence-electron chi connectivity index (χ0n) is 14.2. The number of rotatable bonds is 5. The van der Waals surface area contributed by atoms with Gasteiger partial charge in [0.15, 0.2) is 0 Å². The van der Waals surface area contributed by atoms with E-state index in [1.807, 2.05) is 38.3 Å². The predicted octanol–water partition coefficient (Wildman–Crippen LogP) is 3.37. The first-order chi connectivity index (χ1) is 11.5. The second-order valence-electron chi connectivity index (χ2n) is 5.70. The van der Waals surface area contributed by atoms with Crippen LogP contribution in [0.3, 0.4) is 0 Å². The van der Waals surface area contributed by atoms with Crippen molar-refractivity contribution in [3.05, 3.63) is 34.1 Å². The third-order valence-corrected chi connectivity index (χ3v) is 4.62. The maximum Gasteiger partial charge on any atom is 0.272 e. The molecule has 0 saturated carbocycles. The van der Waals surface area contributed by atoms with Gasteiger partial charge in [0.05, 0.1) is 12.6 Å². The molecular weight excluding hydrogens is 324 g/mol. The highest BCUT2D eigenvalue weighted by Gasteiger charge is 2.16. The number of anilines is 1. The lowest BCUT2D eigenvalue weighted by atomic mass is 10.1. The number of ether oxygens (including phenoxy) is 1. The first-order valence-electron chi connectivity index (χ1n) is 7.84. The topological polar surface area (TPSA) is 69.0 Å². The van der Waals surface area contributed by atoms with E-state index in [-0.39, 0.29) is 11.6 Å². The molecule has 0 aliphatic heterocycles. The fraction of sp³-hybridized carbons (Fsp3) is 0.353. The smallest absolute Gasteiger partial charge is 0.272 e. The Balaban J connectivity index is 2.24. The molecule has 3 rings (SSSR count). The maximum atomic E-state index is 12.8. The SMILES string of the molecule is CCn1c(NC(C)C)nc2c(-c3ccnc(OC)c3)csc2c1=O. The number of nitrogens with one attached hydrogen (secondary N) is 1. The molecule has 0 atom stereocenters. The van der Waals surface area contributed by atoms with Gasteiger partial charge in [0.25, 0.3) is 5.56 Å². The molecule has 7 heteroatoms. The number of fused-ring (bicyclic) bond motifs is 1. The van der Waals surface area contributed by atoms with Crippen molar-refractivity contribution >= 4 is 27.5 Å². The van der Waals surface area contributed by atoms with E-state index in [4.69, 9.17) is 9.72 Å². The van der Waals surface area contributed by atoms with Gasteiger partial charge in [0, 0.05) is 35.8 Å². The van der Waals surface area contributed by atoms with Crippen molar-refractivity contribution in [1.29, 1.82) is 0 Å². The van der Waals surface area contributed by atoms with Gasteiger partial charge >= 0.3 is 0 Å². The maximum absolute atomic E-state index is 12.8. The van der Waals surface area contributed by atoms with Gasteiger partial charge in [-0.15, -0.1) is 11.3 Å². The first kappa shape index (κ1) is 16.4. The van der Waals surface area contributed by atoms with Crippen LogP contribution in [-0.2, 0) is 6.54 Å². The minimum absolute atomic E-state index is 0.0112. The average molecular weight is 344 g/mol. The van der Waals surface area contributed by atoms with Crippen LogP contribution in [-0.4, -0.2) is 27.7 Å². The number of thiophene rings is 1. The third kappa shape index (κ3) is 2.87. The minimum Gasteiger partial charge on any atom is -0.481 e. The Bertz CT molecular complexity index is 930. The zero-order valence-corrected chi connectivity index (χ0v) is 15.0. The molecule has 126 valence electrons. The van der Waals surface area contributed by atoms with Crippen molar-refractivity contribution in [1.82, 2.24) is 14.5 Å². The molecule has 0 saturated heterocycles. The summed E-state index contributed by atoms with van der Waals surface area (Å²) in [7, 11) is 1.58. The van der Waals surface area contributed by atoms with Crippen LogP contribution < -0.4 is 15.6 Å². The standard InChI is InChI=1S/C17H20N4O2S/c1-5-21-16(22)15-14(20-17(21)19-10(2)3)12(9-24-15)11-6-7-18-13(8-11)23-4/h6-10H,5H2,1-4H3,(H,19,20). The van der Waals surface area contributed by atoms with Crippen LogP contribution in [0, 0.1) is 0 Å². The summed E-state index contributed by atoms with van der Waals surface area (Å²) >= 11 is 1.42. The molecule has 0 radical (unpaired) electrons. The number of pyridine rings is 1. The number of nitrogens with zero attached hydrogens (tertiary/aromatic N) is 3. The van der Waals surface area contributed by atoms with Gasteiger partial charge in [-0.25, -0.2) is 9.97 Å². The summed E-state index contributed by atoms with van der Waals surface area (Å²) in [6.07, 6.45) is 1.69. The van der Waals surface area contributed by atoms with E-state index >= 15 is 0 Å². The van der Waals surface area contributed by atoms with Crippen molar-refractivity contribution in [3.63, 3.8) is 0 Å². The highest BCUT2D eigenvalue weighted by atomic mass is 32.1. The van der Waals surface area contributed by atoms with Crippen molar-refractivity contribution < 1.29 is 4.74 Å². The average Bonchev–Trinajstić information content (AvgIpc) is 2.99. The van der Waals surface area contributed by atoms with Gasteiger partial charge in [-0.05, 0) is 32.4 Å². The van der Waals surface area contributed by atoms with Gasteiger partial charge in [0.1, 0.15) is 4.70 Å². The molecule has 0 fully saturated rings. The Morgan fingerprint density at radius 3 is 2.88 bits per heavy atom. The normalized spacial score (nSPS) is 11.2. The van der Waals surface area contributed by atoms with Gasteiger partial charge in [-0.1, -0.05) is 0 Å². The van der Waals surface area contributed by atoms with Crippen LogP contribution in [0.5, 0.6) is 5.88 Å². The number of hydrogen-bond donors (Lipinski definition) is 1. The van der Waals surface area contributed by atoms with Gasteiger partial charge < -0.3 is 10.1 Å². The van der Waals surface area contributed by atoms with E-state index < -0.39 is 0 Å². The fourth-order valence-electron chi connectivity index (χ4n) is 2.55. The van der Waals surface area contributed by atoms with Crippen molar-refractivity contribution in [2.24, 2.45) is 0 Å². The lowest BCUT2D eigenvalue weighted by molar-refractivity contribution is 0.398. The summed E-state index contributed by atoms with van der Waals surface area (Å²) in [5.41, 5.74) is 2.56. The summed E-state index contributed by atoms with van der Waals surface area (Å²) in [6, 6.07) is 3.94. The van der Waals surface area contributed by atoms with Crippen LogP contribution in [0.2, 0.25) is 0 Å². The molecule has 0 spiro atoms. The molecule has 0 amide bonds. The van der Waals surface area contributed by atoms with Crippen molar-refractivity contribution in [2.75, 3.05) is 12.4 Å². The van der Waals surface area contributed by atoms with E-state index in [0.717, 1.165) is 11.1 Å². The largest absolute Gasteiger partial charge is 0.481 e. The van der Waals surface area contributed by atoms with Crippen LogP contribution in [0.4, 0.5) is 5.95 Å². The quantitative estimate of drug-likeness (QED) is 0.768. The Kier molecular flexibility index (Phi) is 4.53. The molecule has 0 aromatic carbocycles. The van der Waals surface area contributed by atoms with Crippen molar-refractivity contribution in [2.45, 2.75) is 33.4 Å². The van der Waals surface area contributed by atoms with E-state index in [1.165, 1.54) is 11.3 Å². The molecule has 24 heavy (non-hydrogen) atoms. The predicted molar refractivity (Wildman–Crippen MR) is 98.1 cm³/mol. The molecular formula is C17H20N4O2S. The van der Waals surface area contributed by atoms with Gasteiger partial charge in [0.2, 0.25) is 11.8 Å². The Morgan fingerprint density at radius 2 is 2.21 bits per heavy atom. The summed E-state index contributed by atoms with van der Waals surface area (Å²) in [6.45, 7) is 6.58. The monoisotopic (exact) mass is 344 g/mol. The van der Waals surface area contributed by atoms with E-state index in [9.17, 15) is 4.79 Å².